The fourth-order valence-corrected chi connectivity index (χ4v) is 0.506. The highest BCUT2D eigenvalue weighted by Crippen LogP contribution is 2.02. The maximum absolute atomic E-state index is 10.3. The van der Waals surface area contributed by atoms with Gasteiger partial charge in [0, 0.05) is 11.6 Å². The first-order chi connectivity index (χ1) is 4.33. The summed E-state index contributed by atoms with van der Waals surface area (Å²) >= 11 is 0. The Morgan fingerprint density at radius 3 is 2.89 bits per heavy atom. The van der Waals surface area contributed by atoms with Gasteiger partial charge >= 0.3 is 5.97 Å². The van der Waals surface area contributed by atoms with Gasteiger partial charge in [-0.3, -0.25) is 0 Å². The van der Waals surface area contributed by atoms with Crippen LogP contribution in [0.1, 0.15) is 0 Å². The molecule has 1 aliphatic heterocycles. The van der Waals surface area contributed by atoms with Crippen molar-refractivity contribution in [3.63, 3.8) is 0 Å². The molecule has 1 rings (SSSR count). The molecule has 0 spiro atoms. The first-order valence-electron chi connectivity index (χ1n) is 2.51. The van der Waals surface area contributed by atoms with Crippen LogP contribution in [0.2, 0.25) is 0 Å². The third kappa shape index (κ3) is 1.32. The Balaban J connectivity index is 2.69. The molecule has 3 nitrogen and oxygen atoms in total. The smallest absolute Gasteiger partial charge is 0.331 e. The van der Waals surface area contributed by atoms with Gasteiger partial charge in [-0.05, 0) is 6.08 Å². The zero-order valence-corrected chi connectivity index (χ0v) is 4.70. The average molecular weight is 126 g/mol. The van der Waals surface area contributed by atoms with Crippen LogP contribution in [0.3, 0.4) is 0 Å². The largest absolute Gasteiger partial charge is 0.515 e. The molecule has 0 aliphatic carbocycles. The third-order valence-corrected chi connectivity index (χ3v) is 0.980. The van der Waals surface area contributed by atoms with E-state index in [4.69, 9.17) is 5.11 Å². The standard InChI is InChI=1S/C6H6O3/c7-3-5-1-2-6(8)9-4-5/h1-3,7H,4H2/b5-3-. The first kappa shape index (κ1) is 5.88. The number of hydrogen-bond acceptors (Lipinski definition) is 3. The van der Waals surface area contributed by atoms with Crippen molar-refractivity contribution >= 4 is 5.97 Å². The molecule has 0 radical (unpaired) electrons. The van der Waals surface area contributed by atoms with Gasteiger partial charge in [0.05, 0.1) is 6.26 Å². The first-order valence-corrected chi connectivity index (χ1v) is 2.51. The number of hydrogen-bond donors (Lipinski definition) is 1. The van der Waals surface area contributed by atoms with Crippen LogP contribution < -0.4 is 0 Å². The Morgan fingerprint density at radius 2 is 2.44 bits per heavy atom. The minimum absolute atomic E-state index is 0.172. The van der Waals surface area contributed by atoms with Gasteiger partial charge in [0.15, 0.2) is 0 Å². The van der Waals surface area contributed by atoms with Crippen molar-refractivity contribution in [2.45, 2.75) is 0 Å². The molecule has 0 fully saturated rings. The van der Waals surface area contributed by atoms with Crippen LogP contribution in [-0.4, -0.2) is 17.7 Å². The van der Waals surface area contributed by atoms with Gasteiger partial charge in [0.1, 0.15) is 6.61 Å². The molecule has 0 unspecified atom stereocenters. The minimum Gasteiger partial charge on any atom is -0.515 e. The van der Waals surface area contributed by atoms with Gasteiger partial charge in [-0.2, -0.15) is 0 Å². The number of cyclic esters (lactones) is 1. The highest BCUT2D eigenvalue weighted by Gasteiger charge is 2.04. The van der Waals surface area contributed by atoms with E-state index >= 15 is 0 Å². The maximum atomic E-state index is 10.3. The second-order valence-electron chi connectivity index (χ2n) is 1.65. The number of aliphatic hydroxyl groups excluding tert-OH is 1. The van der Waals surface area contributed by atoms with E-state index in [1.807, 2.05) is 0 Å². The lowest BCUT2D eigenvalue weighted by Crippen LogP contribution is -2.08. The molecule has 0 amide bonds. The molecule has 1 N–H and O–H groups in total. The lowest BCUT2D eigenvalue weighted by atomic mass is 10.2. The molecule has 0 atom stereocenters. The van der Waals surface area contributed by atoms with E-state index < -0.39 is 0 Å². The fourth-order valence-electron chi connectivity index (χ4n) is 0.506. The monoisotopic (exact) mass is 126 g/mol. The molecule has 9 heavy (non-hydrogen) atoms. The van der Waals surface area contributed by atoms with Crippen LogP contribution in [0.25, 0.3) is 0 Å². The van der Waals surface area contributed by atoms with Crippen LogP contribution >= 0.6 is 0 Å². The summed E-state index contributed by atoms with van der Waals surface area (Å²) in [4.78, 5) is 10.3. The van der Waals surface area contributed by atoms with E-state index in [0.29, 0.717) is 5.57 Å². The van der Waals surface area contributed by atoms with Crippen molar-refractivity contribution in [2.75, 3.05) is 6.61 Å². The molecule has 0 aromatic rings. The Bertz CT molecular complexity index is 179. The lowest BCUT2D eigenvalue weighted by Gasteiger charge is -2.05. The lowest BCUT2D eigenvalue weighted by molar-refractivity contribution is -0.137. The Kier molecular flexibility index (Phi) is 1.53. The molecule has 0 aromatic carbocycles. The van der Waals surface area contributed by atoms with Crippen molar-refractivity contribution in [3.8, 4) is 0 Å². The Labute approximate surface area is 52.2 Å². The van der Waals surface area contributed by atoms with E-state index in [2.05, 4.69) is 4.74 Å². The Hall–Kier alpha value is -1.25. The number of aliphatic hydroxyl groups is 1. The van der Waals surface area contributed by atoms with E-state index in [1.165, 1.54) is 12.2 Å². The van der Waals surface area contributed by atoms with Gasteiger partial charge in [0.25, 0.3) is 0 Å². The highest BCUT2D eigenvalue weighted by atomic mass is 16.5. The second-order valence-corrected chi connectivity index (χ2v) is 1.65. The van der Waals surface area contributed by atoms with Crippen molar-refractivity contribution in [3.05, 3.63) is 24.0 Å². The SMILES string of the molecule is O=C1C=C/C(=C/O)CO1. The molecule has 48 valence electrons. The van der Waals surface area contributed by atoms with E-state index in [0.717, 1.165) is 6.26 Å². The van der Waals surface area contributed by atoms with Crippen molar-refractivity contribution in [1.29, 1.82) is 0 Å². The zero-order valence-electron chi connectivity index (χ0n) is 4.70. The minimum atomic E-state index is -0.361. The molecule has 0 bridgehead atoms. The van der Waals surface area contributed by atoms with Crippen molar-refractivity contribution in [1.82, 2.24) is 0 Å². The van der Waals surface area contributed by atoms with Crippen LogP contribution in [0, 0.1) is 0 Å². The average Bonchev–Trinajstić information content (AvgIpc) is 1.90. The summed E-state index contributed by atoms with van der Waals surface area (Å²) in [6.07, 6.45) is 3.71. The van der Waals surface area contributed by atoms with Crippen LogP contribution in [0.5, 0.6) is 0 Å². The van der Waals surface area contributed by atoms with Gasteiger partial charge in [-0.25, -0.2) is 4.79 Å². The van der Waals surface area contributed by atoms with E-state index in [-0.39, 0.29) is 12.6 Å². The van der Waals surface area contributed by atoms with Crippen LogP contribution in [0.15, 0.2) is 24.0 Å². The number of carbonyl (C=O) groups excluding carboxylic acids is 1. The summed E-state index contributed by atoms with van der Waals surface area (Å²) in [7, 11) is 0. The molecule has 0 saturated carbocycles. The van der Waals surface area contributed by atoms with Gasteiger partial charge < -0.3 is 9.84 Å². The molecular formula is C6H6O3. The number of rotatable bonds is 0. The van der Waals surface area contributed by atoms with Gasteiger partial charge in [-0.1, -0.05) is 0 Å². The second kappa shape index (κ2) is 2.35. The molecule has 3 heteroatoms. The molecule has 0 saturated heterocycles. The van der Waals surface area contributed by atoms with Gasteiger partial charge in [-0.15, -0.1) is 0 Å². The van der Waals surface area contributed by atoms with E-state index in [1.54, 1.807) is 0 Å². The third-order valence-electron chi connectivity index (χ3n) is 0.980. The van der Waals surface area contributed by atoms with E-state index in [9.17, 15) is 4.79 Å². The molecule has 0 aromatic heterocycles. The number of esters is 1. The topological polar surface area (TPSA) is 46.5 Å². The normalized spacial score (nSPS) is 22.2. The summed E-state index contributed by atoms with van der Waals surface area (Å²) in [5.74, 6) is -0.361. The van der Waals surface area contributed by atoms with Gasteiger partial charge in [0.2, 0.25) is 0 Å². The predicted octanol–water partition coefficient (Wildman–Crippen LogP) is 0.541. The summed E-state index contributed by atoms with van der Waals surface area (Å²) in [5, 5.41) is 8.37. The molecule has 1 aliphatic rings. The summed E-state index contributed by atoms with van der Waals surface area (Å²) in [5.41, 5.74) is 0.606. The van der Waals surface area contributed by atoms with Crippen LogP contribution in [0.4, 0.5) is 0 Å². The zero-order chi connectivity index (χ0) is 6.69. The fraction of sp³-hybridized carbons (Fsp3) is 0.167. The van der Waals surface area contributed by atoms with Crippen molar-refractivity contribution < 1.29 is 14.6 Å². The summed E-state index contributed by atoms with van der Waals surface area (Å²) in [6, 6.07) is 0. The van der Waals surface area contributed by atoms with Crippen molar-refractivity contribution in [2.24, 2.45) is 0 Å². The summed E-state index contributed by atoms with van der Waals surface area (Å²) in [6.45, 7) is 0.172. The molecular weight excluding hydrogens is 120 g/mol. The maximum Gasteiger partial charge on any atom is 0.331 e. The molecule has 1 heterocycles. The highest BCUT2D eigenvalue weighted by molar-refractivity contribution is 5.83. The summed E-state index contributed by atoms with van der Waals surface area (Å²) < 4.78 is 4.53. The Morgan fingerprint density at radius 1 is 1.67 bits per heavy atom. The predicted molar refractivity (Wildman–Crippen MR) is 30.8 cm³/mol. The number of carbonyl (C=O) groups is 1. The quantitative estimate of drug-likeness (QED) is 0.380. The van der Waals surface area contributed by atoms with Crippen LogP contribution in [-0.2, 0) is 9.53 Å². The number of ether oxygens (including phenoxy) is 1.